The van der Waals surface area contributed by atoms with Gasteiger partial charge >= 0.3 is 0 Å². The minimum Gasteiger partial charge on any atom is -0.499 e. The summed E-state index contributed by atoms with van der Waals surface area (Å²) >= 11 is 1.01. The highest BCUT2D eigenvalue weighted by Crippen LogP contribution is 2.40. The molecule has 0 spiro atoms. The second-order valence-electron chi connectivity index (χ2n) is 3.55. The first-order valence-electron chi connectivity index (χ1n) is 3.43. The van der Waals surface area contributed by atoms with Gasteiger partial charge in [-0.3, -0.25) is 0 Å². The maximum absolute atomic E-state index is 9.33. The van der Waals surface area contributed by atoms with E-state index >= 15 is 0 Å². The van der Waals surface area contributed by atoms with Gasteiger partial charge in [0.1, 0.15) is 0 Å². The predicted molar refractivity (Wildman–Crippen MR) is 46.3 cm³/mol. The van der Waals surface area contributed by atoms with Gasteiger partial charge in [0.2, 0.25) is 0 Å². The van der Waals surface area contributed by atoms with Crippen molar-refractivity contribution in [2.75, 3.05) is 0 Å². The van der Waals surface area contributed by atoms with E-state index in [4.69, 9.17) is 5.11 Å². The van der Waals surface area contributed by atoms with E-state index < -0.39 is 0 Å². The van der Waals surface area contributed by atoms with Crippen LogP contribution in [0.4, 0.5) is 0 Å². The molecule has 3 heteroatoms. The van der Waals surface area contributed by atoms with E-state index in [0.717, 1.165) is 16.9 Å². The lowest BCUT2D eigenvalue weighted by atomic mass is 9.89. The fourth-order valence-electron chi connectivity index (χ4n) is 0.906. The average molecular weight is 172 g/mol. The van der Waals surface area contributed by atoms with Crippen molar-refractivity contribution in [3.63, 3.8) is 0 Å². The van der Waals surface area contributed by atoms with Gasteiger partial charge in [0, 0.05) is 5.56 Å². The van der Waals surface area contributed by atoms with Gasteiger partial charge in [-0.1, -0.05) is 32.1 Å². The van der Waals surface area contributed by atoms with Crippen LogP contribution in [0.25, 0.3) is 0 Å². The minimum absolute atomic E-state index is 0.0957. The van der Waals surface area contributed by atoms with Gasteiger partial charge in [0.25, 0.3) is 0 Å². The monoisotopic (exact) mass is 172 g/mol. The lowest BCUT2D eigenvalue weighted by Crippen LogP contribution is -2.09. The maximum atomic E-state index is 9.33. The Morgan fingerprint density at radius 3 is 2.00 bits per heavy atom. The molecule has 0 atom stereocenters. The van der Waals surface area contributed by atoms with Gasteiger partial charge in [-0.2, -0.15) is 0 Å². The van der Waals surface area contributed by atoms with E-state index in [2.05, 4.69) is 0 Å². The first-order chi connectivity index (χ1) is 4.91. The lowest BCUT2D eigenvalue weighted by Gasteiger charge is -2.16. The number of hydrogen-bond acceptors (Lipinski definition) is 3. The molecule has 11 heavy (non-hydrogen) atoms. The molecule has 0 aliphatic rings. The summed E-state index contributed by atoms with van der Waals surface area (Å²) in [5.74, 6) is 0. The molecule has 0 aliphatic heterocycles. The van der Waals surface area contributed by atoms with Crippen molar-refractivity contribution >= 4 is 11.3 Å². The third-order valence-corrected chi connectivity index (χ3v) is 2.25. The van der Waals surface area contributed by atoms with Crippen molar-refractivity contribution in [3.05, 3.63) is 11.6 Å². The van der Waals surface area contributed by atoms with Crippen LogP contribution >= 0.6 is 11.3 Å². The Bertz CT molecular complexity index is 258. The molecule has 0 unspecified atom stereocenters. The Kier molecular flexibility index (Phi) is 1.84. The molecule has 1 heterocycles. The van der Waals surface area contributed by atoms with Crippen molar-refractivity contribution in [3.8, 4) is 10.1 Å². The Hall–Kier alpha value is -0.700. The minimum atomic E-state index is -0.0957. The van der Waals surface area contributed by atoms with Crippen LogP contribution in [0, 0.1) is 0 Å². The first kappa shape index (κ1) is 8.40. The molecular weight excluding hydrogens is 160 g/mol. The van der Waals surface area contributed by atoms with E-state index in [-0.39, 0.29) is 15.5 Å². The summed E-state index contributed by atoms with van der Waals surface area (Å²) in [7, 11) is 0. The number of thiophene rings is 1. The Labute approximate surface area is 70.1 Å². The second kappa shape index (κ2) is 2.41. The smallest absolute Gasteiger partial charge is 0.178 e. The highest BCUT2D eigenvalue weighted by molar-refractivity contribution is 7.15. The van der Waals surface area contributed by atoms with Crippen molar-refractivity contribution < 1.29 is 10.2 Å². The van der Waals surface area contributed by atoms with Gasteiger partial charge in [-0.15, -0.1) is 0 Å². The first-order valence-corrected chi connectivity index (χ1v) is 4.25. The Morgan fingerprint density at radius 1 is 1.27 bits per heavy atom. The summed E-state index contributed by atoms with van der Waals surface area (Å²) < 4.78 is 0. The largest absolute Gasteiger partial charge is 0.499 e. The zero-order valence-corrected chi connectivity index (χ0v) is 7.70. The zero-order valence-electron chi connectivity index (χ0n) is 6.88. The summed E-state index contributed by atoms with van der Waals surface area (Å²) in [6.45, 7) is 5.98. The molecule has 1 aromatic heterocycles. The topological polar surface area (TPSA) is 40.5 Å². The molecule has 0 aliphatic carbocycles. The molecule has 0 saturated heterocycles. The van der Waals surface area contributed by atoms with Gasteiger partial charge in [0.05, 0.1) is 0 Å². The second-order valence-corrected chi connectivity index (χ2v) is 4.56. The highest BCUT2D eigenvalue weighted by Gasteiger charge is 2.20. The maximum Gasteiger partial charge on any atom is 0.178 e. The average Bonchev–Trinajstić information content (AvgIpc) is 2.08. The van der Waals surface area contributed by atoms with Crippen LogP contribution in [0.5, 0.6) is 10.1 Å². The number of rotatable bonds is 0. The molecule has 0 radical (unpaired) electrons. The summed E-state index contributed by atoms with van der Waals surface area (Å²) in [6.07, 6.45) is 0. The van der Waals surface area contributed by atoms with Crippen LogP contribution in [0.1, 0.15) is 26.3 Å². The molecule has 1 aromatic rings. The van der Waals surface area contributed by atoms with Crippen LogP contribution in [-0.2, 0) is 5.41 Å². The van der Waals surface area contributed by atoms with Crippen LogP contribution in [0.3, 0.4) is 0 Å². The van der Waals surface area contributed by atoms with Crippen molar-refractivity contribution in [1.82, 2.24) is 0 Å². The van der Waals surface area contributed by atoms with Crippen LogP contribution in [0.2, 0.25) is 0 Å². The molecule has 62 valence electrons. The van der Waals surface area contributed by atoms with Gasteiger partial charge in [-0.25, -0.2) is 0 Å². The molecule has 2 nitrogen and oxygen atoms in total. The zero-order chi connectivity index (χ0) is 8.65. The van der Waals surface area contributed by atoms with E-state index in [1.165, 1.54) is 0 Å². The summed E-state index contributed by atoms with van der Waals surface area (Å²) in [5.41, 5.74) is 0.710. The van der Waals surface area contributed by atoms with Crippen molar-refractivity contribution in [1.29, 1.82) is 0 Å². The van der Waals surface area contributed by atoms with Crippen molar-refractivity contribution in [2.24, 2.45) is 0 Å². The number of aromatic hydroxyl groups is 2. The molecule has 0 fully saturated rings. The Balaban J connectivity index is 3.13. The third-order valence-electron chi connectivity index (χ3n) is 1.51. The number of hydrogen-bond donors (Lipinski definition) is 2. The highest BCUT2D eigenvalue weighted by atomic mass is 32.1. The third kappa shape index (κ3) is 1.66. The normalized spacial score (nSPS) is 11.9. The van der Waals surface area contributed by atoms with Crippen molar-refractivity contribution in [2.45, 2.75) is 26.2 Å². The molecule has 0 aromatic carbocycles. The van der Waals surface area contributed by atoms with Gasteiger partial charge in [-0.05, 0) is 11.5 Å². The van der Waals surface area contributed by atoms with Crippen LogP contribution in [-0.4, -0.2) is 10.2 Å². The van der Waals surface area contributed by atoms with E-state index in [0.29, 0.717) is 0 Å². The molecule has 0 bridgehead atoms. The van der Waals surface area contributed by atoms with E-state index in [1.54, 1.807) is 6.07 Å². The van der Waals surface area contributed by atoms with E-state index in [9.17, 15) is 5.11 Å². The molecule has 0 saturated carbocycles. The molecular formula is C8H12O2S. The fraction of sp³-hybridized carbons (Fsp3) is 0.500. The lowest BCUT2D eigenvalue weighted by molar-refractivity contribution is 0.461. The quantitative estimate of drug-likeness (QED) is 0.631. The van der Waals surface area contributed by atoms with Crippen LogP contribution in [0.15, 0.2) is 6.07 Å². The SMILES string of the molecule is CC(C)(C)c1cc(O)sc1O. The summed E-state index contributed by atoms with van der Waals surface area (Å²) in [5, 5.41) is 18.8. The summed E-state index contributed by atoms with van der Waals surface area (Å²) in [6, 6.07) is 1.61. The van der Waals surface area contributed by atoms with Gasteiger partial charge < -0.3 is 10.2 Å². The standard InChI is InChI=1S/C8H12O2S/c1-8(2,3)5-4-6(9)11-7(5)10/h4,9-10H,1-3H3. The molecule has 2 N–H and O–H groups in total. The molecule has 1 rings (SSSR count). The van der Waals surface area contributed by atoms with Crippen LogP contribution < -0.4 is 0 Å². The summed E-state index contributed by atoms with van der Waals surface area (Å²) in [4.78, 5) is 0. The Morgan fingerprint density at radius 2 is 1.82 bits per heavy atom. The fourth-order valence-corrected chi connectivity index (χ4v) is 1.76. The van der Waals surface area contributed by atoms with E-state index in [1.807, 2.05) is 20.8 Å². The van der Waals surface area contributed by atoms with Gasteiger partial charge in [0.15, 0.2) is 10.1 Å². The molecule has 0 amide bonds. The predicted octanol–water partition coefficient (Wildman–Crippen LogP) is 2.46.